The number of carbonyl (C=O) groups is 1. The van der Waals surface area contributed by atoms with Gasteiger partial charge in [0.2, 0.25) is 10.0 Å². The number of benzene rings is 1. The molecule has 0 fully saturated rings. The van der Waals surface area contributed by atoms with E-state index in [-0.39, 0.29) is 10.8 Å². The van der Waals surface area contributed by atoms with Crippen molar-refractivity contribution >= 4 is 49.1 Å². The van der Waals surface area contributed by atoms with Gasteiger partial charge in [-0.1, -0.05) is 4.49 Å². The molecule has 0 unspecified atom stereocenters. The molecule has 1 heterocycles. The lowest BCUT2D eigenvalue weighted by molar-refractivity contribution is 0.102. The van der Waals surface area contributed by atoms with Gasteiger partial charge in [0.15, 0.2) is 0 Å². The van der Waals surface area contributed by atoms with Gasteiger partial charge in [-0.15, -0.1) is 5.10 Å². The zero-order valence-corrected chi connectivity index (χ0v) is 14.3. The molecule has 0 aliphatic carbocycles. The highest BCUT2D eigenvalue weighted by molar-refractivity contribution is 9.10. The third-order valence-corrected chi connectivity index (χ3v) is 5.21. The Kier molecular flexibility index (Phi) is 4.42. The van der Waals surface area contributed by atoms with Crippen molar-refractivity contribution < 1.29 is 13.2 Å². The highest BCUT2D eigenvalue weighted by Crippen LogP contribution is 2.29. The monoisotopic (exact) mass is 390 g/mol. The number of primary sulfonamides is 1. The van der Waals surface area contributed by atoms with Crippen LogP contribution in [0.4, 0.5) is 5.69 Å². The fourth-order valence-electron chi connectivity index (χ4n) is 1.68. The first-order valence-corrected chi connectivity index (χ1v) is 8.74. The van der Waals surface area contributed by atoms with Crippen molar-refractivity contribution in [2.24, 2.45) is 5.14 Å². The normalized spacial score (nSPS) is 11.4. The number of anilines is 1. The van der Waals surface area contributed by atoms with Crippen LogP contribution in [0, 0.1) is 13.8 Å². The lowest BCUT2D eigenvalue weighted by Gasteiger charge is -2.10. The first-order valence-electron chi connectivity index (χ1n) is 5.63. The molecule has 7 nitrogen and oxygen atoms in total. The van der Waals surface area contributed by atoms with Crippen molar-refractivity contribution in [3.8, 4) is 0 Å². The minimum absolute atomic E-state index is 0.00279. The second-order valence-corrected chi connectivity index (χ2v) is 7.42. The summed E-state index contributed by atoms with van der Waals surface area (Å²) in [6, 6.07) is 2.89. The molecular weight excluding hydrogens is 380 g/mol. The van der Waals surface area contributed by atoms with Gasteiger partial charge in [-0.25, -0.2) is 13.6 Å². The molecule has 0 spiro atoms. The van der Waals surface area contributed by atoms with E-state index in [4.69, 9.17) is 5.14 Å². The van der Waals surface area contributed by atoms with E-state index in [0.717, 1.165) is 11.5 Å². The zero-order chi connectivity index (χ0) is 15.8. The number of nitrogens with zero attached hydrogens (tertiary/aromatic N) is 2. The Morgan fingerprint density at radius 1 is 1.38 bits per heavy atom. The average Bonchev–Trinajstić information content (AvgIpc) is 2.78. The Morgan fingerprint density at radius 3 is 2.57 bits per heavy atom. The standard InChI is InChI=1S/C11H11BrN4O3S2/c1-5-3-8(7(12)4-9(5)21(13,18)19)14-11(17)10-6(2)15-16-20-10/h3-4H,1-2H3,(H,14,17)(H2,13,18,19). The fourth-order valence-corrected chi connectivity index (χ4v) is 3.62. The van der Waals surface area contributed by atoms with Crippen molar-refractivity contribution in [1.82, 2.24) is 9.59 Å². The van der Waals surface area contributed by atoms with Gasteiger partial charge >= 0.3 is 0 Å². The van der Waals surface area contributed by atoms with Crippen LogP contribution in [0.1, 0.15) is 20.9 Å². The van der Waals surface area contributed by atoms with Gasteiger partial charge in [0.1, 0.15) is 4.88 Å². The Morgan fingerprint density at radius 2 is 2.05 bits per heavy atom. The Labute approximate surface area is 133 Å². The number of amides is 1. The second kappa shape index (κ2) is 5.79. The van der Waals surface area contributed by atoms with E-state index in [1.807, 2.05) is 0 Å². The third-order valence-electron chi connectivity index (χ3n) is 2.68. The molecule has 0 bridgehead atoms. The van der Waals surface area contributed by atoms with Crippen LogP contribution < -0.4 is 10.5 Å². The van der Waals surface area contributed by atoms with Crippen LogP contribution in [0.5, 0.6) is 0 Å². The molecule has 0 atom stereocenters. The van der Waals surface area contributed by atoms with Crippen LogP contribution in [-0.2, 0) is 10.0 Å². The number of aryl methyl sites for hydroxylation is 2. The summed E-state index contributed by atoms with van der Waals surface area (Å²) in [5.41, 5.74) is 1.42. The number of hydrogen-bond donors (Lipinski definition) is 2. The van der Waals surface area contributed by atoms with E-state index >= 15 is 0 Å². The lowest BCUT2D eigenvalue weighted by atomic mass is 10.2. The predicted octanol–water partition coefficient (Wildman–Crippen LogP) is 1.82. The molecule has 2 rings (SSSR count). The van der Waals surface area contributed by atoms with Crippen molar-refractivity contribution in [3.63, 3.8) is 0 Å². The van der Waals surface area contributed by atoms with Crippen LogP contribution in [0.2, 0.25) is 0 Å². The number of halogens is 1. The Balaban J connectivity index is 2.37. The first kappa shape index (κ1) is 16.0. The molecule has 1 aromatic carbocycles. The molecule has 0 saturated carbocycles. The zero-order valence-electron chi connectivity index (χ0n) is 11.0. The van der Waals surface area contributed by atoms with Crippen LogP contribution in [0.25, 0.3) is 0 Å². The minimum atomic E-state index is -3.81. The summed E-state index contributed by atoms with van der Waals surface area (Å²) in [7, 11) is -3.81. The third kappa shape index (κ3) is 3.46. The molecule has 1 amide bonds. The number of nitrogens with two attached hydrogens (primary N) is 1. The highest BCUT2D eigenvalue weighted by Gasteiger charge is 2.18. The molecule has 0 radical (unpaired) electrons. The Bertz CT molecular complexity index is 817. The number of carbonyl (C=O) groups excluding carboxylic acids is 1. The molecule has 2 aromatic rings. The lowest BCUT2D eigenvalue weighted by Crippen LogP contribution is -2.15. The van der Waals surface area contributed by atoms with Crippen LogP contribution >= 0.6 is 27.5 Å². The topological polar surface area (TPSA) is 115 Å². The molecular formula is C11H11BrN4O3S2. The average molecular weight is 391 g/mol. The summed E-state index contributed by atoms with van der Waals surface area (Å²) < 4.78 is 27.0. The summed E-state index contributed by atoms with van der Waals surface area (Å²) >= 11 is 4.21. The van der Waals surface area contributed by atoms with E-state index in [2.05, 4.69) is 30.8 Å². The van der Waals surface area contributed by atoms with Gasteiger partial charge in [0, 0.05) is 4.47 Å². The van der Waals surface area contributed by atoms with Crippen LogP contribution in [-0.4, -0.2) is 23.9 Å². The largest absolute Gasteiger partial charge is 0.320 e. The molecule has 10 heteroatoms. The second-order valence-electron chi connectivity index (χ2n) is 4.28. The fraction of sp³-hybridized carbons (Fsp3) is 0.182. The molecule has 0 saturated heterocycles. The van der Waals surface area contributed by atoms with Crippen molar-refractivity contribution in [2.75, 3.05) is 5.32 Å². The van der Waals surface area contributed by atoms with Crippen LogP contribution in [0.3, 0.4) is 0 Å². The first-order chi connectivity index (χ1) is 9.70. The van der Waals surface area contributed by atoms with E-state index in [0.29, 0.717) is 26.3 Å². The quantitative estimate of drug-likeness (QED) is 0.828. The number of sulfonamides is 1. The minimum Gasteiger partial charge on any atom is -0.320 e. The van der Waals surface area contributed by atoms with Gasteiger partial charge in [-0.05, 0) is 59.0 Å². The van der Waals surface area contributed by atoms with Gasteiger partial charge in [-0.2, -0.15) is 0 Å². The summed E-state index contributed by atoms with van der Waals surface area (Å²) in [6.45, 7) is 3.28. The molecule has 0 aliphatic rings. The van der Waals surface area contributed by atoms with E-state index < -0.39 is 10.0 Å². The molecule has 0 aliphatic heterocycles. The van der Waals surface area contributed by atoms with Gasteiger partial charge < -0.3 is 5.32 Å². The van der Waals surface area contributed by atoms with Crippen LogP contribution in [0.15, 0.2) is 21.5 Å². The summed E-state index contributed by atoms with van der Waals surface area (Å²) in [6.07, 6.45) is 0. The van der Waals surface area contributed by atoms with Gasteiger partial charge in [0.25, 0.3) is 5.91 Å². The molecule has 112 valence electrons. The Hall–Kier alpha value is -1.36. The van der Waals surface area contributed by atoms with Gasteiger partial charge in [-0.3, -0.25) is 4.79 Å². The number of hydrogen-bond acceptors (Lipinski definition) is 6. The SMILES string of the molecule is Cc1cc(NC(=O)c2snnc2C)c(Br)cc1S(N)(=O)=O. The van der Waals surface area contributed by atoms with E-state index in [1.54, 1.807) is 13.8 Å². The van der Waals surface area contributed by atoms with E-state index in [1.165, 1.54) is 12.1 Å². The van der Waals surface area contributed by atoms with Crippen molar-refractivity contribution in [2.45, 2.75) is 18.7 Å². The summed E-state index contributed by atoms with van der Waals surface area (Å²) in [5, 5.41) is 11.6. The molecule has 1 aromatic heterocycles. The highest BCUT2D eigenvalue weighted by atomic mass is 79.9. The number of nitrogens with one attached hydrogen (secondary N) is 1. The maximum Gasteiger partial charge on any atom is 0.269 e. The maximum absolute atomic E-state index is 12.1. The summed E-state index contributed by atoms with van der Waals surface area (Å²) in [4.78, 5) is 12.5. The number of aromatic nitrogens is 2. The predicted molar refractivity (Wildman–Crippen MR) is 82.9 cm³/mol. The van der Waals surface area contributed by atoms with Crippen molar-refractivity contribution in [3.05, 3.63) is 32.7 Å². The molecule has 3 N–H and O–H groups in total. The number of rotatable bonds is 3. The van der Waals surface area contributed by atoms with E-state index in [9.17, 15) is 13.2 Å². The molecule has 21 heavy (non-hydrogen) atoms. The van der Waals surface area contributed by atoms with Crippen molar-refractivity contribution in [1.29, 1.82) is 0 Å². The maximum atomic E-state index is 12.1. The van der Waals surface area contributed by atoms with Gasteiger partial charge in [0.05, 0.1) is 16.3 Å². The smallest absolute Gasteiger partial charge is 0.269 e. The summed E-state index contributed by atoms with van der Waals surface area (Å²) in [5.74, 6) is -0.356.